The normalized spacial score (nSPS) is 31.9. The number of halogens is 3. The van der Waals surface area contributed by atoms with Crippen LogP contribution in [0.4, 0.5) is 18.0 Å². The Morgan fingerprint density at radius 1 is 1.33 bits per heavy atom. The molecule has 0 bridgehead atoms. The molecule has 0 aromatic carbocycles. The van der Waals surface area contributed by atoms with E-state index < -0.39 is 35.9 Å². The summed E-state index contributed by atoms with van der Waals surface area (Å²) < 4.78 is 48.1. The second-order valence-electron chi connectivity index (χ2n) is 5.57. The fourth-order valence-corrected chi connectivity index (χ4v) is 2.19. The highest BCUT2D eigenvalue weighted by atomic mass is 19.4. The van der Waals surface area contributed by atoms with Gasteiger partial charge < -0.3 is 9.47 Å². The average molecular weight is 267 g/mol. The smallest absolute Gasteiger partial charge is 0.410 e. The number of carbonyl (C=O) groups excluding carboxylic acids is 1. The highest BCUT2D eigenvalue weighted by molar-refractivity contribution is 5.69. The third-order valence-electron chi connectivity index (χ3n) is 2.93. The molecule has 1 saturated carbocycles. The van der Waals surface area contributed by atoms with Crippen molar-refractivity contribution in [3.63, 3.8) is 0 Å². The van der Waals surface area contributed by atoms with E-state index in [4.69, 9.17) is 9.47 Å². The molecule has 1 heterocycles. The van der Waals surface area contributed by atoms with Crippen molar-refractivity contribution in [1.82, 2.24) is 4.90 Å². The predicted octanol–water partition coefficient (Wildman–Crippen LogP) is 2.18. The topological polar surface area (TPSA) is 38.8 Å². The predicted molar refractivity (Wildman–Crippen MR) is 56.0 cm³/mol. The van der Waals surface area contributed by atoms with Crippen LogP contribution in [0.1, 0.15) is 20.8 Å². The first-order valence-electron chi connectivity index (χ1n) is 5.79. The summed E-state index contributed by atoms with van der Waals surface area (Å²) in [5.41, 5.74) is -0.715. The van der Waals surface area contributed by atoms with Crippen LogP contribution in [0.5, 0.6) is 0 Å². The van der Waals surface area contributed by atoms with Gasteiger partial charge in [-0.2, -0.15) is 13.2 Å². The SMILES string of the molecule is CC(C)(C)OC(=O)N1CCO[C@H]2[C@@H]1[C@@H]2C(F)(F)F. The second-order valence-corrected chi connectivity index (χ2v) is 5.57. The largest absolute Gasteiger partial charge is 0.444 e. The van der Waals surface area contributed by atoms with E-state index >= 15 is 0 Å². The van der Waals surface area contributed by atoms with Gasteiger partial charge in [0.05, 0.1) is 18.8 Å². The van der Waals surface area contributed by atoms with Gasteiger partial charge in [-0.25, -0.2) is 4.79 Å². The number of alkyl halides is 3. The van der Waals surface area contributed by atoms with Crippen LogP contribution >= 0.6 is 0 Å². The third kappa shape index (κ3) is 2.55. The Hall–Kier alpha value is -0.980. The van der Waals surface area contributed by atoms with Gasteiger partial charge in [0.2, 0.25) is 0 Å². The molecule has 0 aromatic rings. The Kier molecular flexibility index (Phi) is 3.00. The molecule has 104 valence electrons. The summed E-state index contributed by atoms with van der Waals surface area (Å²) in [6.45, 7) is 5.29. The fourth-order valence-electron chi connectivity index (χ4n) is 2.19. The first kappa shape index (κ1) is 13.5. The quantitative estimate of drug-likeness (QED) is 0.675. The van der Waals surface area contributed by atoms with Gasteiger partial charge in [-0.05, 0) is 20.8 Å². The van der Waals surface area contributed by atoms with Crippen LogP contribution in [-0.2, 0) is 9.47 Å². The fraction of sp³-hybridized carbons (Fsp3) is 0.909. The lowest BCUT2D eigenvalue weighted by molar-refractivity contribution is -0.157. The first-order chi connectivity index (χ1) is 8.11. The van der Waals surface area contributed by atoms with Crippen LogP contribution in [0.15, 0.2) is 0 Å². The minimum Gasteiger partial charge on any atom is -0.444 e. The van der Waals surface area contributed by atoms with E-state index in [0.717, 1.165) is 4.90 Å². The summed E-state index contributed by atoms with van der Waals surface area (Å²) in [6.07, 6.45) is -5.96. The van der Waals surface area contributed by atoms with E-state index in [1.54, 1.807) is 20.8 Å². The molecular formula is C11H16F3NO3. The summed E-state index contributed by atoms with van der Waals surface area (Å²) in [5, 5.41) is 0. The molecule has 1 aliphatic carbocycles. The molecule has 1 saturated heterocycles. The van der Waals surface area contributed by atoms with Crippen molar-refractivity contribution in [2.45, 2.75) is 44.7 Å². The van der Waals surface area contributed by atoms with Crippen molar-refractivity contribution in [2.24, 2.45) is 5.92 Å². The zero-order valence-corrected chi connectivity index (χ0v) is 10.5. The minimum absolute atomic E-state index is 0.118. The first-order valence-corrected chi connectivity index (χ1v) is 5.79. The summed E-state index contributed by atoms with van der Waals surface area (Å²) in [7, 11) is 0. The standard InChI is InChI=1S/C11H16F3NO3/c1-10(2,3)18-9(16)15-4-5-17-8-6(7(8)15)11(12,13)14/h6-8H,4-5H2,1-3H3/t6-,7-,8+/m0/s1. The lowest BCUT2D eigenvalue weighted by atomic mass is 10.2. The van der Waals surface area contributed by atoms with Crippen LogP contribution in [0.3, 0.4) is 0 Å². The van der Waals surface area contributed by atoms with E-state index in [-0.39, 0.29) is 13.2 Å². The Balaban J connectivity index is 2.04. The highest BCUT2D eigenvalue weighted by Gasteiger charge is 2.70. The molecule has 0 aromatic heterocycles. The number of hydrogen-bond donors (Lipinski definition) is 0. The molecule has 0 spiro atoms. The molecule has 0 N–H and O–H groups in total. The van der Waals surface area contributed by atoms with Crippen molar-refractivity contribution in [3.8, 4) is 0 Å². The molecule has 0 unspecified atom stereocenters. The maximum atomic E-state index is 12.7. The summed E-state index contributed by atoms with van der Waals surface area (Å²) in [6, 6.07) is -0.923. The van der Waals surface area contributed by atoms with Gasteiger partial charge in [-0.15, -0.1) is 0 Å². The minimum atomic E-state index is -4.33. The van der Waals surface area contributed by atoms with E-state index in [2.05, 4.69) is 0 Å². The van der Waals surface area contributed by atoms with Gasteiger partial charge in [-0.1, -0.05) is 0 Å². The third-order valence-corrected chi connectivity index (χ3v) is 2.93. The number of amides is 1. The van der Waals surface area contributed by atoms with Crippen molar-refractivity contribution in [3.05, 3.63) is 0 Å². The van der Waals surface area contributed by atoms with E-state index in [1.807, 2.05) is 0 Å². The number of fused-ring (bicyclic) bond motifs is 1. The molecule has 1 aliphatic heterocycles. The maximum absolute atomic E-state index is 12.7. The van der Waals surface area contributed by atoms with Crippen LogP contribution in [0.25, 0.3) is 0 Å². The molecular weight excluding hydrogens is 251 g/mol. The summed E-state index contributed by atoms with van der Waals surface area (Å²) >= 11 is 0. The number of nitrogens with zero attached hydrogens (tertiary/aromatic N) is 1. The maximum Gasteiger partial charge on any atom is 0.410 e. The zero-order chi connectivity index (χ0) is 13.7. The number of morpholine rings is 1. The molecule has 2 aliphatic rings. The molecule has 4 nitrogen and oxygen atoms in total. The molecule has 2 rings (SSSR count). The number of ether oxygens (including phenoxy) is 2. The molecule has 2 fully saturated rings. The van der Waals surface area contributed by atoms with Gasteiger partial charge >= 0.3 is 12.3 Å². The van der Waals surface area contributed by atoms with Crippen molar-refractivity contribution in [1.29, 1.82) is 0 Å². The van der Waals surface area contributed by atoms with E-state index in [9.17, 15) is 18.0 Å². The van der Waals surface area contributed by atoms with Gasteiger partial charge in [-0.3, -0.25) is 4.90 Å². The number of hydrogen-bond acceptors (Lipinski definition) is 3. The molecule has 1 amide bonds. The molecule has 18 heavy (non-hydrogen) atoms. The molecule has 7 heteroatoms. The van der Waals surface area contributed by atoms with Crippen molar-refractivity contribution in [2.75, 3.05) is 13.2 Å². The van der Waals surface area contributed by atoms with Gasteiger partial charge in [0, 0.05) is 6.54 Å². The monoisotopic (exact) mass is 267 g/mol. The van der Waals surface area contributed by atoms with Crippen LogP contribution in [-0.4, -0.2) is 48.1 Å². The Bertz CT molecular complexity index is 350. The summed E-state index contributed by atoms with van der Waals surface area (Å²) in [4.78, 5) is 12.9. The lowest BCUT2D eigenvalue weighted by Crippen LogP contribution is -2.44. The van der Waals surface area contributed by atoms with E-state index in [1.165, 1.54) is 0 Å². The number of carbonyl (C=O) groups is 1. The highest BCUT2D eigenvalue weighted by Crippen LogP contribution is 2.51. The Labute approximate surface area is 103 Å². The van der Waals surface area contributed by atoms with Gasteiger partial charge in [0.1, 0.15) is 11.5 Å². The van der Waals surface area contributed by atoms with Crippen molar-refractivity contribution < 1.29 is 27.4 Å². The van der Waals surface area contributed by atoms with Gasteiger partial charge in [0.15, 0.2) is 0 Å². The zero-order valence-electron chi connectivity index (χ0n) is 10.5. The molecule has 3 atom stereocenters. The van der Waals surface area contributed by atoms with E-state index in [0.29, 0.717) is 0 Å². The summed E-state index contributed by atoms with van der Waals surface area (Å²) in [5.74, 6) is -1.58. The Morgan fingerprint density at radius 2 is 1.94 bits per heavy atom. The number of rotatable bonds is 0. The molecule has 0 radical (unpaired) electrons. The van der Waals surface area contributed by atoms with Crippen LogP contribution < -0.4 is 0 Å². The van der Waals surface area contributed by atoms with Gasteiger partial charge in [0.25, 0.3) is 0 Å². The van der Waals surface area contributed by atoms with Crippen molar-refractivity contribution >= 4 is 6.09 Å². The average Bonchev–Trinajstić information content (AvgIpc) is 2.86. The van der Waals surface area contributed by atoms with Crippen LogP contribution in [0, 0.1) is 5.92 Å². The van der Waals surface area contributed by atoms with Crippen LogP contribution in [0.2, 0.25) is 0 Å². The Morgan fingerprint density at radius 3 is 2.44 bits per heavy atom. The lowest BCUT2D eigenvalue weighted by Gasteiger charge is -2.29. The second kappa shape index (κ2) is 4.01.